The van der Waals surface area contributed by atoms with Crippen LogP contribution in [0.4, 0.5) is 0 Å². The fourth-order valence-electron chi connectivity index (χ4n) is 2.50. The van der Waals surface area contributed by atoms with Gasteiger partial charge in [0.05, 0.1) is 0 Å². The first kappa shape index (κ1) is 12.9. The van der Waals surface area contributed by atoms with Gasteiger partial charge in [-0.05, 0) is 18.4 Å². The van der Waals surface area contributed by atoms with Gasteiger partial charge in [-0.1, -0.05) is 30.3 Å². The highest BCUT2D eigenvalue weighted by Gasteiger charge is 2.22. The van der Waals surface area contributed by atoms with Crippen LogP contribution in [0.1, 0.15) is 18.4 Å². The molecule has 4 heteroatoms. The molecule has 1 heterocycles. The molecule has 0 spiro atoms. The summed E-state index contributed by atoms with van der Waals surface area (Å²) in [6.07, 6.45) is 2.17. The van der Waals surface area contributed by atoms with Crippen LogP contribution in [0.3, 0.4) is 0 Å². The predicted molar refractivity (Wildman–Crippen MR) is 74.4 cm³/mol. The third kappa shape index (κ3) is 3.23. The summed E-state index contributed by atoms with van der Waals surface area (Å²) in [5, 5.41) is 7.46. The second kappa shape index (κ2) is 5.87. The SMILES string of the molecule is CN(C(=N)N)C1CCN(Cc2ccccc2)CC1. The summed E-state index contributed by atoms with van der Waals surface area (Å²) in [6, 6.07) is 11.0. The Kier molecular flexibility index (Phi) is 4.20. The summed E-state index contributed by atoms with van der Waals surface area (Å²) in [7, 11) is 1.92. The van der Waals surface area contributed by atoms with Crippen LogP contribution in [0.5, 0.6) is 0 Å². The van der Waals surface area contributed by atoms with Crippen LogP contribution < -0.4 is 5.73 Å². The lowest BCUT2D eigenvalue weighted by molar-refractivity contribution is 0.158. The van der Waals surface area contributed by atoms with Crippen molar-refractivity contribution in [3.8, 4) is 0 Å². The molecule has 1 aromatic rings. The maximum absolute atomic E-state index is 7.46. The van der Waals surface area contributed by atoms with Gasteiger partial charge in [0.1, 0.15) is 0 Å². The zero-order valence-electron chi connectivity index (χ0n) is 11.0. The monoisotopic (exact) mass is 246 g/mol. The molecule has 0 aromatic heterocycles. The molecule has 1 aliphatic rings. The van der Waals surface area contributed by atoms with Crippen molar-refractivity contribution in [1.29, 1.82) is 5.41 Å². The number of nitrogens with one attached hydrogen (secondary N) is 1. The fourth-order valence-corrected chi connectivity index (χ4v) is 2.50. The van der Waals surface area contributed by atoms with Crippen LogP contribution in [-0.4, -0.2) is 41.9 Å². The normalized spacial score (nSPS) is 17.6. The third-order valence-corrected chi connectivity index (χ3v) is 3.73. The number of nitrogens with zero attached hydrogens (tertiary/aromatic N) is 2. The molecule has 0 unspecified atom stereocenters. The highest BCUT2D eigenvalue weighted by Crippen LogP contribution is 2.17. The van der Waals surface area contributed by atoms with E-state index in [0.717, 1.165) is 32.5 Å². The molecule has 0 atom stereocenters. The molecule has 2 rings (SSSR count). The Morgan fingerprint density at radius 1 is 1.33 bits per heavy atom. The molecule has 1 fully saturated rings. The summed E-state index contributed by atoms with van der Waals surface area (Å²) in [4.78, 5) is 4.36. The van der Waals surface area contributed by atoms with Crippen molar-refractivity contribution >= 4 is 5.96 Å². The van der Waals surface area contributed by atoms with Gasteiger partial charge in [-0.2, -0.15) is 0 Å². The molecule has 1 aromatic carbocycles. The van der Waals surface area contributed by atoms with Crippen molar-refractivity contribution in [2.75, 3.05) is 20.1 Å². The van der Waals surface area contributed by atoms with E-state index in [-0.39, 0.29) is 5.96 Å². The van der Waals surface area contributed by atoms with Crippen LogP contribution in [0, 0.1) is 5.41 Å². The Labute approximate surface area is 109 Å². The lowest BCUT2D eigenvalue weighted by Gasteiger charge is -2.36. The maximum Gasteiger partial charge on any atom is 0.188 e. The average Bonchev–Trinajstić information content (AvgIpc) is 2.40. The number of guanidine groups is 1. The van der Waals surface area contributed by atoms with Gasteiger partial charge in [0.2, 0.25) is 0 Å². The zero-order valence-corrected chi connectivity index (χ0v) is 11.0. The first-order valence-corrected chi connectivity index (χ1v) is 6.50. The van der Waals surface area contributed by atoms with E-state index in [2.05, 4.69) is 35.2 Å². The lowest BCUT2D eigenvalue weighted by Crippen LogP contribution is -2.47. The van der Waals surface area contributed by atoms with Crippen molar-refractivity contribution < 1.29 is 0 Å². The smallest absolute Gasteiger partial charge is 0.188 e. The van der Waals surface area contributed by atoms with Crippen molar-refractivity contribution in [2.24, 2.45) is 5.73 Å². The molecule has 0 radical (unpaired) electrons. The van der Waals surface area contributed by atoms with E-state index in [4.69, 9.17) is 11.1 Å². The largest absolute Gasteiger partial charge is 0.370 e. The van der Waals surface area contributed by atoms with E-state index in [1.165, 1.54) is 5.56 Å². The Bertz CT molecular complexity index is 382. The summed E-state index contributed by atoms with van der Waals surface area (Å²) >= 11 is 0. The Balaban J connectivity index is 1.82. The summed E-state index contributed by atoms with van der Waals surface area (Å²) in [5.41, 5.74) is 6.89. The lowest BCUT2D eigenvalue weighted by atomic mass is 10.0. The molecule has 18 heavy (non-hydrogen) atoms. The van der Waals surface area contributed by atoms with E-state index in [0.29, 0.717) is 6.04 Å². The van der Waals surface area contributed by atoms with Gasteiger partial charge in [-0.15, -0.1) is 0 Å². The quantitative estimate of drug-likeness (QED) is 0.627. The molecular formula is C14H22N4. The number of rotatable bonds is 3. The molecule has 4 nitrogen and oxygen atoms in total. The van der Waals surface area contributed by atoms with Gasteiger partial charge < -0.3 is 10.6 Å². The molecule has 0 aliphatic carbocycles. The predicted octanol–water partition coefficient (Wildman–Crippen LogP) is 1.48. The van der Waals surface area contributed by atoms with Crippen molar-refractivity contribution in [3.63, 3.8) is 0 Å². The zero-order chi connectivity index (χ0) is 13.0. The standard InChI is InChI=1S/C14H22N4/c1-17(14(15)16)13-7-9-18(10-8-13)11-12-5-3-2-4-6-12/h2-6,13H,7-11H2,1H3,(H3,15,16). The minimum absolute atomic E-state index is 0.177. The number of benzene rings is 1. The number of likely N-dealkylation sites (tertiary alicyclic amines) is 1. The number of piperidine rings is 1. The maximum atomic E-state index is 7.46. The van der Waals surface area contributed by atoms with Gasteiger partial charge in [0.25, 0.3) is 0 Å². The van der Waals surface area contributed by atoms with Gasteiger partial charge in [-0.3, -0.25) is 10.3 Å². The molecule has 1 saturated heterocycles. The van der Waals surface area contributed by atoms with E-state index in [1.54, 1.807) is 0 Å². The van der Waals surface area contributed by atoms with Gasteiger partial charge in [-0.25, -0.2) is 0 Å². The molecule has 98 valence electrons. The topological polar surface area (TPSA) is 56.4 Å². The fraction of sp³-hybridized carbons (Fsp3) is 0.500. The molecule has 0 amide bonds. The van der Waals surface area contributed by atoms with Crippen molar-refractivity contribution in [1.82, 2.24) is 9.80 Å². The Morgan fingerprint density at radius 3 is 2.50 bits per heavy atom. The van der Waals surface area contributed by atoms with Crippen molar-refractivity contribution in [2.45, 2.75) is 25.4 Å². The molecule has 1 aliphatic heterocycles. The van der Waals surface area contributed by atoms with Gasteiger partial charge in [0.15, 0.2) is 5.96 Å². The van der Waals surface area contributed by atoms with Crippen LogP contribution in [0.25, 0.3) is 0 Å². The van der Waals surface area contributed by atoms with Crippen molar-refractivity contribution in [3.05, 3.63) is 35.9 Å². The average molecular weight is 246 g/mol. The minimum atomic E-state index is 0.177. The van der Waals surface area contributed by atoms with E-state index in [9.17, 15) is 0 Å². The number of hydrogen-bond donors (Lipinski definition) is 2. The summed E-state index contributed by atoms with van der Waals surface area (Å²) in [6.45, 7) is 3.19. The first-order chi connectivity index (χ1) is 8.66. The van der Waals surface area contributed by atoms with E-state index < -0.39 is 0 Å². The first-order valence-electron chi connectivity index (χ1n) is 6.50. The van der Waals surface area contributed by atoms with Crippen LogP contribution in [0.2, 0.25) is 0 Å². The Morgan fingerprint density at radius 2 is 1.94 bits per heavy atom. The van der Waals surface area contributed by atoms with Gasteiger partial charge in [0, 0.05) is 32.7 Å². The second-order valence-corrected chi connectivity index (χ2v) is 4.99. The van der Waals surface area contributed by atoms with E-state index >= 15 is 0 Å². The number of hydrogen-bond acceptors (Lipinski definition) is 2. The molecule has 0 bridgehead atoms. The second-order valence-electron chi connectivity index (χ2n) is 4.99. The summed E-state index contributed by atoms with van der Waals surface area (Å²) in [5.74, 6) is 0.177. The number of nitrogens with two attached hydrogens (primary N) is 1. The minimum Gasteiger partial charge on any atom is -0.370 e. The highest BCUT2D eigenvalue weighted by atomic mass is 15.2. The summed E-state index contributed by atoms with van der Waals surface area (Å²) < 4.78 is 0. The van der Waals surface area contributed by atoms with Crippen LogP contribution >= 0.6 is 0 Å². The third-order valence-electron chi connectivity index (χ3n) is 3.73. The Hall–Kier alpha value is -1.55. The highest BCUT2D eigenvalue weighted by molar-refractivity contribution is 5.74. The molecule has 3 N–H and O–H groups in total. The van der Waals surface area contributed by atoms with Crippen LogP contribution in [-0.2, 0) is 6.54 Å². The molecular weight excluding hydrogens is 224 g/mol. The van der Waals surface area contributed by atoms with E-state index in [1.807, 2.05) is 11.9 Å². The van der Waals surface area contributed by atoms with Gasteiger partial charge >= 0.3 is 0 Å². The molecule has 0 saturated carbocycles. The van der Waals surface area contributed by atoms with Crippen LogP contribution in [0.15, 0.2) is 30.3 Å².